The Kier molecular flexibility index (Phi) is 5.21. The molecule has 3 rings (SSSR count). The molecule has 1 atom stereocenters. The second-order valence-electron chi connectivity index (χ2n) is 6.59. The highest BCUT2D eigenvalue weighted by atomic mass is 35.5. The normalized spacial score (nSPS) is 15.4. The zero-order valence-electron chi connectivity index (χ0n) is 14.0. The van der Waals surface area contributed by atoms with Gasteiger partial charge in [-0.25, -0.2) is 4.98 Å². The van der Waals surface area contributed by atoms with E-state index in [9.17, 15) is 5.11 Å². The van der Waals surface area contributed by atoms with Gasteiger partial charge >= 0.3 is 0 Å². The lowest BCUT2D eigenvalue weighted by Crippen LogP contribution is -2.30. The Morgan fingerprint density at radius 3 is 2.50 bits per heavy atom. The van der Waals surface area contributed by atoms with Crippen LogP contribution in [0.5, 0.6) is 0 Å². The molecule has 0 aliphatic heterocycles. The van der Waals surface area contributed by atoms with Gasteiger partial charge in [-0.3, -0.25) is 0 Å². The van der Waals surface area contributed by atoms with E-state index in [4.69, 9.17) is 11.6 Å². The van der Waals surface area contributed by atoms with Crippen LogP contribution in [0.15, 0.2) is 30.3 Å². The minimum Gasteiger partial charge on any atom is -0.394 e. The molecule has 5 nitrogen and oxygen atoms in total. The third kappa shape index (κ3) is 4.36. The van der Waals surface area contributed by atoms with E-state index in [-0.39, 0.29) is 18.6 Å². The van der Waals surface area contributed by atoms with Crippen LogP contribution in [-0.4, -0.2) is 27.7 Å². The maximum atomic E-state index is 9.53. The number of nitrogens with one attached hydrogen (secondary N) is 2. The molecule has 1 aromatic heterocycles. The molecule has 1 heterocycles. The largest absolute Gasteiger partial charge is 0.394 e. The van der Waals surface area contributed by atoms with Gasteiger partial charge in [0, 0.05) is 22.7 Å². The Labute approximate surface area is 147 Å². The van der Waals surface area contributed by atoms with Crippen LogP contribution in [0.3, 0.4) is 0 Å². The van der Waals surface area contributed by atoms with Gasteiger partial charge in [0.15, 0.2) is 0 Å². The molecule has 6 heteroatoms. The van der Waals surface area contributed by atoms with Crippen LogP contribution >= 0.6 is 11.6 Å². The number of halogens is 1. The number of hydrogen-bond donors (Lipinski definition) is 3. The van der Waals surface area contributed by atoms with Gasteiger partial charge in [0.1, 0.15) is 5.82 Å². The predicted molar refractivity (Wildman–Crippen MR) is 98.1 cm³/mol. The van der Waals surface area contributed by atoms with Crippen molar-refractivity contribution in [3.63, 3.8) is 0 Å². The molecule has 1 saturated carbocycles. The number of aliphatic hydroxyl groups is 1. The Hall–Kier alpha value is -1.85. The number of anilines is 3. The van der Waals surface area contributed by atoms with Crippen LogP contribution in [0, 0.1) is 5.92 Å². The lowest BCUT2D eigenvalue weighted by atomic mass is 10.1. The van der Waals surface area contributed by atoms with Crippen LogP contribution in [0.1, 0.15) is 38.3 Å². The topological polar surface area (TPSA) is 70.1 Å². The van der Waals surface area contributed by atoms with Crippen molar-refractivity contribution in [2.24, 2.45) is 5.92 Å². The van der Waals surface area contributed by atoms with Gasteiger partial charge in [-0.05, 0) is 43.0 Å². The van der Waals surface area contributed by atoms with Gasteiger partial charge in [-0.2, -0.15) is 4.98 Å². The summed E-state index contributed by atoms with van der Waals surface area (Å²) in [7, 11) is 0. The van der Waals surface area contributed by atoms with Gasteiger partial charge in [-0.1, -0.05) is 25.4 Å². The molecule has 128 valence electrons. The third-order valence-electron chi connectivity index (χ3n) is 4.17. The van der Waals surface area contributed by atoms with Gasteiger partial charge in [-0.15, -0.1) is 0 Å². The molecule has 0 spiro atoms. The Bertz CT molecular complexity index is 686. The summed E-state index contributed by atoms with van der Waals surface area (Å²) >= 11 is 5.93. The molecule has 1 aromatic carbocycles. The molecule has 1 aliphatic rings. The van der Waals surface area contributed by atoms with Crippen molar-refractivity contribution >= 4 is 29.1 Å². The first-order chi connectivity index (χ1) is 11.5. The molecule has 0 bridgehead atoms. The van der Waals surface area contributed by atoms with E-state index in [0.29, 0.717) is 16.9 Å². The van der Waals surface area contributed by atoms with E-state index >= 15 is 0 Å². The Morgan fingerprint density at radius 1 is 1.21 bits per heavy atom. The summed E-state index contributed by atoms with van der Waals surface area (Å²) in [5.74, 6) is 2.11. The van der Waals surface area contributed by atoms with E-state index in [2.05, 4.69) is 34.4 Å². The first-order valence-electron chi connectivity index (χ1n) is 8.34. The minimum atomic E-state index is -0.0668. The molecule has 0 saturated heterocycles. The standard InChI is InChI=1S/C18H23ClN4O/c1-11(2)16(10-24)22-18-21-15(12-3-4-12)9-17(23-18)20-14-7-5-13(19)6-8-14/h5-9,11-12,16,24H,3-4,10H2,1-2H3,(H2,20,21,22,23)/t16-/m0/s1. The second kappa shape index (κ2) is 7.36. The first kappa shape index (κ1) is 17.0. The average molecular weight is 347 g/mol. The van der Waals surface area contributed by atoms with E-state index in [1.807, 2.05) is 30.3 Å². The number of hydrogen-bond acceptors (Lipinski definition) is 5. The highest BCUT2D eigenvalue weighted by Gasteiger charge is 2.26. The van der Waals surface area contributed by atoms with Crippen LogP contribution in [0.4, 0.5) is 17.5 Å². The van der Waals surface area contributed by atoms with Crippen molar-refractivity contribution in [2.75, 3.05) is 17.2 Å². The molecule has 1 aliphatic carbocycles. The summed E-state index contributed by atoms with van der Waals surface area (Å²) in [4.78, 5) is 9.18. The Morgan fingerprint density at radius 2 is 1.92 bits per heavy atom. The lowest BCUT2D eigenvalue weighted by molar-refractivity contribution is 0.248. The number of nitrogens with zero attached hydrogens (tertiary/aromatic N) is 2. The predicted octanol–water partition coefficient (Wildman–Crippen LogP) is 4.18. The van der Waals surface area contributed by atoms with Gasteiger partial charge in [0.05, 0.1) is 18.3 Å². The number of benzene rings is 1. The van der Waals surface area contributed by atoms with Gasteiger partial charge in [0.2, 0.25) is 5.95 Å². The fourth-order valence-electron chi connectivity index (χ4n) is 2.45. The first-order valence-corrected chi connectivity index (χ1v) is 8.72. The fraction of sp³-hybridized carbons (Fsp3) is 0.444. The van der Waals surface area contributed by atoms with E-state index in [0.717, 1.165) is 17.2 Å². The Balaban J connectivity index is 1.83. The monoisotopic (exact) mass is 346 g/mol. The fourth-order valence-corrected chi connectivity index (χ4v) is 2.58. The van der Waals surface area contributed by atoms with Crippen molar-refractivity contribution in [1.29, 1.82) is 0 Å². The van der Waals surface area contributed by atoms with E-state index in [1.165, 1.54) is 12.8 Å². The van der Waals surface area contributed by atoms with Crippen molar-refractivity contribution in [3.8, 4) is 0 Å². The molecule has 2 aromatic rings. The van der Waals surface area contributed by atoms with Crippen molar-refractivity contribution < 1.29 is 5.11 Å². The van der Waals surface area contributed by atoms with Gasteiger partial charge in [0.25, 0.3) is 0 Å². The van der Waals surface area contributed by atoms with E-state index < -0.39 is 0 Å². The SMILES string of the molecule is CC(C)[C@H](CO)Nc1nc(Nc2ccc(Cl)cc2)cc(C2CC2)n1. The number of rotatable bonds is 7. The van der Waals surface area contributed by atoms with Crippen molar-refractivity contribution in [2.45, 2.75) is 38.6 Å². The lowest BCUT2D eigenvalue weighted by Gasteiger charge is -2.20. The zero-order valence-corrected chi connectivity index (χ0v) is 14.7. The molecular formula is C18H23ClN4O. The summed E-state index contributed by atoms with van der Waals surface area (Å²) in [6.45, 7) is 4.17. The van der Waals surface area contributed by atoms with Crippen LogP contribution in [0.25, 0.3) is 0 Å². The third-order valence-corrected chi connectivity index (χ3v) is 4.43. The summed E-state index contributed by atoms with van der Waals surface area (Å²) < 4.78 is 0. The minimum absolute atomic E-state index is 0.0502. The summed E-state index contributed by atoms with van der Waals surface area (Å²) in [6, 6.07) is 9.45. The molecule has 0 amide bonds. The summed E-state index contributed by atoms with van der Waals surface area (Å²) in [5, 5.41) is 16.8. The van der Waals surface area contributed by atoms with Crippen LogP contribution in [-0.2, 0) is 0 Å². The highest BCUT2D eigenvalue weighted by Crippen LogP contribution is 2.40. The quantitative estimate of drug-likeness (QED) is 0.701. The second-order valence-corrected chi connectivity index (χ2v) is 7.02. The maximum Gasteiger partial charge on any atom is 0.225 e. The highest BCUT2D eigenvalue weighted by molar-refractivity contribution is 6.30. The zero-order chi connectivity index (χ0) is 17.1. The molecule has 24 heavy (non-hydrogen) atoms. The molecule has 3 N–H and O–H groups in total. The number of aromatic nitrogens is 2. The summed E-state index contributed by atoms with van der Waals surface area (Å²) in [6.07, 6.45) is 2.34. The van der Waals surface area contributed by atoms with E-state index in [1.54, 1.807) is 0 Å². The summed E-state index contributed by atoms with van der Waals surface area (Å²) in [5.41, 5.74) is 1.97. The molecule has 0 radical (unpaired) electrons. The molecule has 0 unspecified atom stereocenters. The molecular weight excluding hydrogens is 324 g/mol. The maximum absolute atomic E-state index is 9.53. The van der Waals surface area contributed by atoms with Crippen molar-refractivity contribution in [3.05, 3.63) is 41.0 Å². The van der Waals surface area contributed by atoms with Crippen molar-refractivity contribution in [1.82, 2.24) is 9.97 Å². The van der Waals surface area contributed by atoms with Crippen LogP contribution in [0.2, 0.25) is 5.02 Å². The number of aliphatic hydroxyl groups excluding tert-OH is 1. The van der Waals surface area contributed by atoms with Crippen LogP contribution < -0.4 is 10.6 Å². The molecule has 1 fully saturated rings. The van der Waals surface area contributed by atoms with Gasteiger partial charge < -0.3 is 15.7 Å². The smallest absolute Gasteiger partial charge is 0.225 e. The average Bonchev–Trinajstić information content (AvgIpc) is 3.39.